The summed E-state index contributed by atoms with van der Waals surface area (Å²) in [5.74, 6) is 0.916. The van der Waals surface area contributed by atoms with Crippen LogP contribution in [0.25, 0.3) is 0 Å². The van der Waals surface area contributed by atoms with E-state index in [4.69, 9.17) is 4.74 Å². The van der Waals surface area contributed by atoms with Gasteiger partial charge in [-0.05, 0) is 43.9 Å². The van der Waals surface area contributed by atoms with E-state index < -0.39 is 0 Å². The molecule has 0 spiro atoms. The Hall–Kier alpha value is -1.32. The summed E-state index contributed by atoms with van der Waals surface area (Å²) < 4.78 is 7.24. The first-order valence-electron chi connectivity index (χ1n) is 6.77. The van der Waals surface area contributed by atoms with E-state index in [1.807, 2.05) is 30.3 Å². The van der Waals surface area contributed by atoms with Crippen molar-refractivity contribution in [3.05, 3.63) is 64.6 Å². The van der Waals surface area contributed by atoms with Gasteiger partial charge in [0.05, 0.1) is 0 Å². The molecule has 1 unspecified atom stereocenters. The second-order valence-corrected chi connectivity index (χ2v) is 5.98. The fourth-order valence-corrected chi connectivity index (χ4v) is 2.27. The van der Waals surface area contributed by atoms with Gasteiger partial charge in [-0.2, -0.15) is 0 Å². The Kier molecular flexibility index (Phi) is 5.62. The zero-order chi connectivity index (χ0) is 14.4. The fourth-order valence-electron chi connectivity index (χ4n) is 2.01. The minimum atomic E-state index is 0.0768. The van der Waals surface area contributed by atoms with Crippen LogP contribution in [0.1, 0.15) is 18.1 Å². The van der Waals surface area contributed by atoms with Gasteiger partial charge in [0.25, 0.3) is 0 Å². The highest BCUT2D eigenvalue weighted by Gasteiger charge is 2.13. The molecule has 0 N–H and O–H groups in total. The highest BCUT2D eigenvalue weighted by atomic mass is 79.9. The monoisotopic (exact) mass is 333 g/mol. The van der Waals surface area contributed by atoms with E-state index in [2.05, 4.69) is 59.2 Å². The van der Waals surface area contributed by atoms with E-state index in [0.717, 1.165) is 23.2 Å². The van der Waals surface area contributed by atoms with Crippen LogP contribution in [-0.4, -0.2) is 25.5 Å². The second kappa shape index (κ2) is 7.46. The Morgan fingerprint density at radius 3 is 2.25 bits per heavy atom. The van der Waals surface area contributed by atoms with Crippen LogP contribution in [0.5, 0.6) is 5.75 Å². The van der Waals surface area contributed by atoms with Crippen molar-refractivity contribution in [1.29, 1.82) is 0 Å². The highest BCUT2D eigenvalue weighted by molar-refractivity contribution is 9.10. The molecule has 0 saturated carbocycles. The summed E-state index contributed by atoms with van der Waals surface area (Å²) in [6.45, 7) is 0.994. The second-order valence-electron chi connectivity index (χ2n) is 5.06. The Morgan fingerprint density at radius 2 is 1.65 bits per heavy atom. The molecule has 0 heterocycles. The maximum atomic E-state index is 6.15. The van der Waals surface area contributed by atoms with E-state index >= 15 is 0 Å². The minimum absolute atomic E-state index is 0.0768. The normalized spacial score (nSPS) is 12.4. The maximum Gasteiger partial charge on any atom is 0.125 e. The zero-order valence-corrected chi connectivity index (χ0v) is 13.5. The van der Waals surface area contributed by atoms with Gasteiger partial charge >= 0.3 is 0 Å². The molecule has 1 atom stereocenters. The molecule has 0 bridgehead atoms. The van der Waals surface area contributed by atoms with Crippen molar-refractivity contribution in [2.75, 3.05) is 20.6 Å². The maximum absolute atomic E-state index is 6.15. The van der Waals surface area contributed by atoms with Crippen LogP contribution in [0.2, 0.25) is 0 Å². The molecule has 0 fully saturated rings. The van der Waals surface area contributed by atoms with Crippen LogP contribution in [0.3, 0.4) is 0 Å². The summed E-state index contributed by atoms with van der Waals surface area (Å²) in [4.78, 5) is 2.18. The van der Waals surface area contributed by atoms with Crippen LogP contribution in [0.4, 0.5) is 0 Å². The Morgan fingerprint density at radius 1 is 1.00 bits per heavy atom. The first kappa shape index (κ1) is 15.1. The minimum Gasteiger partial charge on any atom is -0.486 e. The summed E-state index contributed by atoms with van der Waals surface area (Å²) in [5.41, 5.74) is 1.21. The standard InChI is InChI=1S/C17H20BrNO/c1-19(2)13-12-17(14-8-10-15(18)11-9-14)20-16-6-4-3-5-7-16/h3-11,17H,12-13H2,1-2H3. The summed E-state index contributed by atoms with van der Waals surface area (Å²) in [7, 11) is 4.17. The first-order chi connectivity index (χ1) is 9.65. The molecule has 0 radical (unpaired) electrons. The molecule has 3 heteroatoms. The number of nitrogens with zero attached hydrogens (tertiary/aromatic N) is 1. The molecule has 0 amide bonds. The number of benzene rings is 2. The first-order valence-corrected chi connectivity index (χ1v) is 7.56. The van der Waals surface area contributed by atoms with Gasteiger partial charge in [0.1, 0.15) is 11.9 Å². The summed E-state index contributed by atoms with van der Waals surface area (Å²) in [6.07, 6.45) is 1.04. The highest BCUT2D eigenvalue weighted by Crippen LogP contribution is 2.26. The molecule has 2 aromatic rings. The molecule has 0 aliphatic rings. The SMILES string of the molecule is CN(C)CCC(Oc1ccccc1)c1ccc(Br)cc1. The van der Waals surface area contributed by atoms with Gasteiger partial charge in [-0.3, -0.25) is 0 Å². The predicted octanol–water partition coefficient (Wildman–Crippen LogP) is 4.52. The van der Waals surface area contributed by atoms with Crippen molar-refractivity contribution >= 4 is 15.9 Å². The van der Waals surface area contributed by atoms with Gasteiger partial charge < -0.3 is 9.64 Å². The van der Waals surface area contributed by atoms with E-state index in [9.17, 15) is 0 Å². The summed E-state index contributed by atoms with van der Waals surface area (Å²) in [5, 5.41) is 0. The van der Waals surface area contributed by atoms with Crippen LogP contribution >= 0.6 is 15.9 Å². The molecule has 0 saturated heterocycles. The molecule has 0 aromatic heterocycles. The predicted molar refractivity (Wildman–Crippen MR) is 87.1 cm³/mol. The van der Waals surface area contributed by atoms with Gasteiger partial charge in [0, 0.05) is 17.4 Å². The van der Waals surface area contributed by atoms with Gasteiger partial charge in [0.2, 0.25) is 0 Å². The third-order valence-corrected chi connectivity index (χ3v) is 3.63. The number of hydrogen-bond donors (Lipinski definition) is 0. The van der Waals surface area contributed by atoms with Gasteiger partial charge in [-0.15, -0.1) is 0 Å². The van der Waals surface area contributed by atoms with Crippen molar-refractivity contribution in [2.45, 2.75) is 12.5 Å². The average Bonchev–Trinajstić information content (AvgIpc) is 2.45. The third-order valence-electron chi connectivity index (χ3n) is 3.10. The lowest BCUT2D eigenvalue weighted by molar-refractivity contribution is 0.179. The lowest BCUT2D eigenvalue weighted by Crippen LogP contribution is -2.18. The van der Waals surface area contributed by atoms with Crippen molar-refractivity contribution in [1.82, 2.24) is 4.90 Å². The lowest BCUT2D eigenvalue weighted by Gasteiger charge is -2.21. The smallest absolute Gasteiger partial charge is 0.125 e. The van der Waals surface area contributed by atoms with Crippen LogP contribution in [-0.2, 0) is 0 Å². The van der Waals surface area contributed by atoms with Gasteiger partial charge in [0.15, 0.2) is 0 Å². The van der Waals surface area contributed by atoms with Crippen LogP contribution < -0.4 is 4.74 Å². The fraction of sp³-hybridized carbons (Fsp3) is 0.294. The van der Waals surface area contributed by atoms with Crippen molar-refractivity contribution in [2.24, 2.45) is 0 Å². The quantitative estimate of drug-likeness (QED) is 0.770. The van der Waals surface area contributed by atoms with Crippen molar-refractivity contribution in [3.8, 4) is 5.75 Å². The molecule has 0 aliphatic carbocycles. The molecule has 106 valence electrons. The van der Waals surface area contributed by atoms with Crippen LogP contribution in [0, 0.1) is 0 Å². The van der Waals surface area contributed by atoms with Crippen molar-refractivity contribution < 1.29 is 4.74 Å². The molecule has 2 rings (SSSR count). The lowest BCUT2D eigenvalue weighted by atomic mass is 10.1. The summed E-state index contributed by atoms with van der Waals surface area (Å²) >= 11 is 3.47. The van der Waals surface area contributed by atoms with Crippen molar-refractivity contribution in [3.63, 3.8) is 0 Å². The largest absolute Gasteiger partial charge is 0.486 e. The van der Waals surface area contributed by atoms with E-state index in [1.54, 1.807) is 0 Å². The molecular weight excluding hydrogens is 314 g/mol. The number of halogens is 1. The average molecular weight is 334 g/mol. The van der Waals surface area contributed by atoms with E-state index in [1.165, 1.54) is 5.56 Å². The number of para-hydroxylation sites is 1. The third kappa shape index (κ3) is 4.66. The zero-order valence-electron chi connectivity index (χ0n) is 11.9. The topological polar surface area (TPSA) is 12.5 Å². The Labute approximate surface area is 129 Å². The number of ether oxygens (including phenoxy) is 1. The summed E-state index contributed by atoms with van der Waals surface area (Å²) in [6, 6.07) is 18.4. The van der Waals surface area contributed by atoms with E-state index in [-0.39, 0.29) is 6.10 Å². The van der Waals surface area contributed by atoms with Gasteiger partial charge in [-0.1, -0.05) is 46.3 Å². The molecule has 2 nitrogen and oxygen atoms in total. The van der Waals surface area contributed by atoms with E-state index in [0.29, 0.717) is 0 Å². The molecule has 0 aliphatic heterocycles. The van der Waals surface area contributed by atoms with Gasteiger partial charge in [-0.25, -0.2) is 0 Å². The molecule has 2 aromatic carbocycles. The Balaban J connectivity index is 2.13. The molecular formula is C17H20BrNO. The van der Waals surface area contributed by atoms with Crippen LogP contribution in [0.15, 0.2) is 59.1 Å². The Bertz CT molecular complexity index is 510. The number of hydrogen-bond acceptors (Lipinski definition) is 2. The number of rotatable bonds is 6. The molecule has 20 heavy (non-hydrogen) atoms.